The maximum absolute atomic E-state index is 5.62. The molecule has 1 heterocycles. The first-order valence-corrected chi connectivity index (χ1v) is 5.38. The summed E-state index contributed by atoms with van der Waals surface area (Å²) >= 11 is 4.48. The number of anilines is 1. The summed E-state index contributed by atoms with van der Waals surface area (Å²) in [5.74, 6) is 0.605. The Kier molecular flexibility index (Phi) is 3.05. The van der Waals surface area contributed by atoms with E-state index in [1.54, 1.807) is 6.20 Å². The second-order valence-electron chi connectivity index (χ2n) is 3.53. The number of hydrogen-bond acceptors (Lipinski definition) is 5. The van der Waals surface area contributed by atoms with Gasteiger partial charge in [0.05, 0.1) is 17.1 Å². The predicted octanol–water partition coefficient (Wildman–Crippen LogP) is 1.78. The van der Waals surface area contributed by atoms with E-state index < -0.39 is 0 Å². The maximum atomic E-state index is 5.62. The minimum absolute atomic E-state index is 0.173. The fourth-order valence-corrected chi connectivity index (χ4v) is 1.63. The Labute approximate surface area is 99.3 Å². The van der Waals surface area contributed by atoms with Crippen molar-refractivity contribution in [3.05, 3.63) is 47.5 Å². The van der Waals surface area contributed by atoms with Gasteiger partial charge in [0.15, 0.2) is 5.82 Å². The minimum Gasteiger partial charge on any atom is -0.399 e. The Morgan fingerprint density at radius 3 is 2.56 bits per heavy atom. The van der Waals surface area contributed by atoms with Gasteiger partial charge in [-0.15, -0.1) is 5.10 Å². The molecular formula is C11H12N4S. The molecule has 4 nitrogen and oxygen atoms in total. The zero-order valence-electron chi connectivity index (χ0n) is 8.83. The van der Waals surface area contributed by atoms with Crippen LogP contribution < -0.4 is 5.73 Å². The Morgan fingerprint density at radius 1 is 1.25 bits per heavy atom. The van der Waals surface area contributed by atoms with Gasteiger partial charge >= 0.3 is 0 Å². The molecule has 0 spiro atoms. The normalized spacial score (nSPS) is 12.4. The standard InChI is InChI=1S/C11H12N4S/c1-7-6-13-15-11(14-7)10(16)8-2-4-9(12)5-3-8/h2-6,10,16H,12H2,1H3. The Balaban J connectivity index is 2.31. The molecule has 1 unspecified atom stereocenters. The summed E-state index contributed by atoms with van der Waals surface area (Å²) in [4.78, 5) is 4.29. The van der Waals surface area contributed by atoms with Gasteiger partial charge in [-0.3, -0.25) is 0 Å². The van der Waals surface area contributed by atoms with Crippen molar-refractivity contribution in [2.45, 2.75) is 12.2 Å². The summed E-state index contributed by atoms with van der Waals surface area (Å²) in [6.45, 7) is 1.88. The van der Waals surface area contributed by atoms with Crippen molar-refractivity contribution in [2.75, 3.05) is 5.73 Å². The molecule has 2 N–H and O–H groups in total. The number of thiol groups is 1. The van der Waals surface area contributed by atoms with Crippen LogP contribution in [0.3, 0.4) is 0 Å². The highest BCUT2D eigenvalue weighted by molar-refractivity contribution is 7.80. The lowest BCUT2D eigenvalue weighted by atomic mass is 10.1. The zero-order chi connectivity index (χ0) is 11.5. The fraction of sp³-hybridized carbons (Fsp3) is 0.182. The number of nitrogens with two attached hydrogens (primary N) is 1. The topological polar surface area (TPSA) is 64.7 Å². The van der Waals surface area contributed by atoms with Crippen LogP contribution in [-0.4, -0.2) is 15.2 Å². The predicted molar refractivity (Wildman–Crippen MR) is 66.2 cm³/mol. The Hall–Kier alpha value is -1.62. The van der Waals surface area contributed by atoms with Crippen molar-refractivity contribution in [3.8, 4) is 0 Å². The summed E-state index contributed by atoms with van der Waals surface area (Å²) < 4.78 is 0. The molecule has 1 aromatic carbocycles. The van der Waals surface area contributed by atoms with Crippen molar-refractivity contribution < 1.29 is 0 Å². The van der Waals surface area contributed by atoms with Crippen LogP contribution in [0.25, 0.3) is 0 Å². The molecule has 0 aliphatic heterocycles. The quantitative estimate of drug-likeness (QED) is 0.612. The molecule has 16 heavy (non-hydrogen) atoms. The van der Waals surface area contributed by atoms with Gasteiger partial charge in [-0.25, -0.2) is 4.98 Å². The molecule has 5 heteroatoms. The van der Waals surface area contributed by atoms with E-state index in [1.807, 2.05) is 31.2 Å². The van der Waals surface area contributed by atoms with E-state index in [4.69, 9.17) is 5.73 Å². The summed E-state index contributed by atoms with van der Waals surface area (Å²) in [5, 5.41) is 7.66. The first kappa shape index (κ1) is 10.9. The largest absolute Gasteiger partial charge is 0.399 e. The van der Waals surface area contributed by atoms with Crippen LogP contribution in [-0.2, 0) is 0 Å². The van der Waals surface area contributed by atoms with E-state index >= 15 is 0 Å². The molecule has 82 valence electrons. The lowest BCUT2D eigenvalue weighted by Crippen LogP contribution is -2.03. The molecular weight excluding hydrogens is 220 g/mol. The van der Waals surface area contributed by atoms with Crippen LogP contribution in [0, 0.1) is 6.92 Å². The second kappa shape index (κ2) is 4.49. The molecule has 2 aromatic rings. The van der Waals surface area contributed by atoms with Gasteiger partial charge in [-0.05, 0) is 24.6 Å². The lowest BCUT2D eigenvalue weighted by Gasteiger charge is -2.09. The van der Waals surface area contributed by atoms with E-state index in [2.05, 4.69) is 27.8 Å². The molecule has 0 saturated carbocycles. The molecule has 1 atom stereocenters. The third-order valence-corrected chi connectivity index (χ3v) is 2.72. The average Bonchev–Trinajstić information content (AvgIpc) is 2.29. The molecule has 0 aliphatic carbocycles. The Morgan fingerprint density at radius 2 is 1.94 bits per heavy atom. The minimum atomic E-state index is -0.173. The average molecular weight is 232 g/mol. The van der Waals surface area contributed by atoms with E-state index in [-0.39, 0.29) is 5.25 Å². The molecule has 0 aliphatic rings. The first-order chi connectivity index (χ1) is 7.66. The van der Waals surface area contributed by atoms with Crippen LogP contribution in [0.15, 0.2) is 30.5 Å². The summed E-state index contributed by atoms with van der Waals surface area (Å²) in [6, 6.07) is 7.50. The van der Waals surface area contributed by atoms with Gasteiger partial charge < -0.3 is 5.73 Å². The molecule has 0 saturated heterocycles. The van der Waals surface area contributed by atoms with Crippen LogP contribution in [0.2, 0.25) is 0 Å². The van der Waals surface area contributed by atoms with Gasteiger partial charge in [-0.2, -0.15) is 17.7 Å². The molecule has 1 aromatic heterocycles. The number of hydrogen-bond donors (Lipinski definition) is 2. The highest BCUT2D eigenvalue weighted by Crippen LogP contribution is 2.25. The molecule has 0 fully saturated rings. The number of nitrogens with zero attached hydrogens (tertiary/aromatic N) is 3. The molecule has 0 bridgehead atoms. The Bertz CT molecular complexity index is 484. The van der Waals surface area contributed by atoms with Gasteiger partial charge in [0.2, 0.25) is 0 Å². The fourth-order valence-electron chi connectivity index (χ4n) is 1.35. The maximum Gasteiger partial charge on any atom is 0.168 e. The third-order valence-electron chi connectivity index (χ3n) is 2.19. The first-order valence-electron chi connectivity index (χ1n) is 4.86. The number of rotatable bonds is 2. The summed E-state index contributed by atoms with van der Waals surface area (Å²) in [5.41, 5.74) is 8.19. The van der Waals surface area contributed by atoms with Crippen LogP contribution >= 0.6 is 12.6 Å². The van der Waals surface area contributed by atoms with E-state index in [0.29, 0.717) is 5.82 Å². The highest BCUT2D eigenvalue weighted by atomic mass is 32.1. The SMILES string of the molecule is Cc1cnnc(C(S)c2ccc(N)cc2)n1. The number of aromatic nitrogens is 3. The van der Waals surface area contributed by atoms with E-state index in [9.17, 15) is 0 Å². The number of nitrogen functional groups attached to an aromatic ring is 1. The lowest BCUT2D eigenvalue weighted by molar-refractivity contribution is 0.837. The van der Waals surface area contributed by atoms with Gasteiger partial charge in [0.1, 0.15) is 0 Å². The van der Waals surface area contributed by atoms with Crippen molar-refractivity contribution in [2.24, 2.45) is 0 Å². The van der Waals surface area contributed by atoms with Gasteiger partial charge in [-0.1, -0.05) is 12.1 Å². The van der Waals surface area contributed by atoms with Crippen molar-refractivity contribution in [3.63, 3.8) is 0 Å². The zero-order valence-corrected chi connectivity index (χ0v) is 9.72. The van der Waals surface area contributed by atoms with Crippen LogP contribution in [0.5, 0.6) is 0 Å². The number of benzene rings is 1. The summed E-state index contributed by atoms with van der Waals surface area (Å²) in [6.07, 6.45) is 1.62. The molecule has 2 rings (SSSR count). The summed E-state index contributed by atoms with van der Waals surface area (Å²) in [7, 11) is 0. The molecule has 0 radical (unpaired) electrons. The van der Waals surface area contributed by atoms with Crippen LogP contribution in [0.4, 0.5) is 5.69 Å². The van der Waals surface area contributed by atoms with E-state index in [1.165, 1.54) is 0 Å². The highest BCUT2D eigenvalue weighted by Gasteiger charge is 2.12. The van der Waals surface area contributed by atoms with Crippen LogP contribution in [0.1, 0.15) is 22.3 Å². The third kappa shape index (κ3) is 2.30. The smallest absolute Gasteiger partial charge is 0.168 e. The number of aryl methyl sites for hydroxylation is 1. The van der Waals surface area contributed by atoms with Crippen molar-refractivity contribution >= 4 is 18.3 Å². The molecule has 0 amide bonds. The van der Waals surface area contributed by atoms with Crippen molar-refractivity contribution in [1.82, 2.24) is 15.2 Å². The van der Waals surface area contributed by atoms with E-state index in [0.717, 1.165) is 16.9 Å². The van der Waals surface area contributed by atoms with Crippen molar-refractivity contribution in [1.29, 1.82) is 0 Å². The monoisotopic (exact) mass is 232 g/mol. The second-order valence-corrected chi connectivity index (χ2v) is 4.04. The van der Waals surface area contributed by atoms with Gasteiger partial charge in [0.25, 0.3) is 0 Å². The van der Waals surface area contributed by atoms with Gasteiger partial charge in [0, 0.05) is 5.69 Å².